The minimum absolute atomic E-state index is 0. The van der Waals surface area contributed by atoms with Crippen molar-refractivity contribution in [2.75, 3.05) is 13.1 Å². The molecule has 2 atom stereocenters. The van der Waals surface area contributed by atoms with Gasteiger partial charge in [0.1, 0.15) is 0 Å². The van der Waals surface area contributed by atoms with E-state index in [0.717, 1.165) is 11.4 Å². The standard InChI is InChI=1S/2C9H13N4O2.Zn/c2*10-2-1-9(15)13-8(5-14)3-7-4-11-6-12-7;/h2*4,6,8H,1-3,10H2,(H,11,12)(H,13,15);/q2*-1;+2/t2*8-;/m00./s1. The van der Waals surface area contributed by atoms with E-state index in [1.54, 1.807) is 25.0 Å². The van der Waals surface area contributed by atoms with E-state index in [4.69, 9.17) is 11.5 Å². The number of H-pyrrole nitrogens is 2. The number of carbonyl (C=O) groups is 2. The van der Waals surface area contributed by atoms with Gasteiger partial charge in [0.25, 0.3) is 0 Å². The maximum Gasteiger partial charge on any atom is 2.00 e. The van der Waals surface area contributed by atoms with Gasteiger partial charge >= 0.3 is 19.5 Å². The van der Waals surface area contributed by atoms with Gasteiger partial charge in [-0.05, 0) is 12.8 Å². The smallest absolute Gasteiger partial charge is 0.540 e. The Balaban J connectivity index is 0.000000562. The predicted molar refractivity (Wildman–Crippen MR) is 107 cm³/mol. The van der Waals surface area contributed by atoms with E-state index in [1.807, 2.05) is 0 Å². The Morgan fingerprint density at radius 3 is 1.52 bits per heavy atom. The predicted octanol–water partition coefficient (Wildman–Crippen LogP) is -2.21. The van der Waals surface area contributed by atoms with Crippen LogP contribution in [0.3, 0.4) is 0 Å². The van der Waals surface area contributed by atoms with E-state index < -0.39 is 12.1 Å². The fourth-order valence-corrected chi connectivity index (χ4v) is 2.27. The molecule has 12 nitrogen and oxygen atoms in total. The first-order valence-electron chi connectivity index (χ1n) is 9.21. The topological polar surface area (TPSA) is 202 Å². The molecule has 0 unspecified atom stereocenters. The summed E-state index contributed by atoms with van der Waals surface area (Å²) < 4.78 is 0. The number of imidazole rings is 2. The van der Waals surface area contributed by atoms with Gasteiger partial charge in [0.15, 0.2) is 0 Å². The van der Waals surface area contributed by atoms with E-state index in [-0.39, 0.29) is 57.2 Å². The number of carbonyl (C=O) groups excluding carboxylic acids is 4. The molecule has 164 valence electrons. The van der Waals surface area contributed by atoms with Gasteiger partial charge in [-0.3, -0.25) is 9.59 Å². The molecule has 0 radical (unpaired) electrons. The third-order valence-corrected chi connectivity index (χ3v) is 3.66. The van der Waals surface area contributed by atoms with Crippen molar-refractivity contribution in [3.63, 3.8) is 0 Å². The summed E-state index contributed by atoms with van der Waals surface area (Å²) in [6, 6.07) is -1.30. The SMILES string of the molecule is NCCC(=O)N[C@H]([C-]=O)Cc1cnc[nH]1.NCCC(=O)N[C@H]([C-]=O)Cc1cnc[nH]1.[Zn+2]. The van der Waals surface area contributed by atoms with E-state index in [2.05, 4.69) is 30.6 Å². The van der Waals surface area contributed by atoms with Crippen molar-refractivity contribution in [1.29, 1.82) is 0 Å². The first-order chi connectivity index (χ1) is 14.5. The van der Waals surface area contributed by atoms with Crippen molar-refractivity contribution in [3.05, 3.63) is 36.4 Å². The van der Waals surface area contributed by atoms with Crippen molar-refractivity contribution < 1.29 is 38.7 Å². The molecule has 13 heteroatoms. The second kappa shape index (κ2) is 17.0. The Kier molecular flexibility index (Phi) is 15.5. The molecule has 0 saturated heterocycles. The monoisotopic (exact) mass is 482 g/mol. The summed E-state index contributed by atoms with van der Waals surface area (Å²) in [7, 11) is 0. The van der Waals surface area contributed by atoms with Crippen LogP contribution in [0.25, 0.3) is 0 Å². The summed E-state index contributed by atoms with van der Waals surface area (Å²) >= 11 is 0. The Labute approximate surface area is 192 Å². The number of nitrogens with two attached hydrogens (primary N) is 2. The van der Waals surface area contributed by atoms with Crippen molar-refractivity contribution in [3.8, 4) is 0 Å². The third-order valence-electron chi connectivity index (χ3n) is 3.66. The van der Waals surface area contributed by atoms with Crippen molar-refractivity contribution in [2.24, 2.45) is 11.5 Å². The van der Waals surface area contributed by atoms with Crippen LogP contribution in [-0.4, -0.2) is 69.5 Å². The van der Waals surface area contributed by atoms with Crippen molar-refractivity contribution in [2.45, 2.75) is 37.8 Å². The van der Waals surface area contributed by atoms with Gasteiger partial charge in [-0.1, -0.05) is 12.1 Å². The molecule has 0 saturated carbocycles. The van der Waals surface area contributed by atoms with Crippen LogP contribution in [-0.2, 0) is 51.5 Å². The largest absolute Gasteiger partial charge is 2.00 e. The van der Waals surface area contributed by atoms with Crippen LogP contribution >= 0.6 is 0 Å². The third kappa shape index (κ3) is 12.5. The summed E-state index contributed by atoms with van der Waals surface area (Å²) in [6.45, 7) is 0.531. The molecule has 8 N–H and O–H groups in total. The van der Waals surface area contributed by atoms with Gasteiger partial charge in [-0.15, -0.1) is 0 Å². The fraction of sp³-hybridized carbons (Fsp3) is 0.444. The number of rotatable bonds is 12. The summed E-state index contributed by atoms with van der Waals surface area (Å²) in [4.78, 5) is 56.7. The molecule has 2 heterocycles. The van der Waals surface area contributed by atoms with Crippen LogP contribution in [0, 0.1) is 0 Å². The van der Waals surface area contributed by atoms with E-state index in [0.29, 0.717) is 12.8 Å². The maximum atomic E-state index is 11.1. The molecule has 0 aromatic carbocycles. The summed E-state index contributed by atoms with van der Waals surface area (Å²) in [5, 5.41) is 5.03. The Bertz CT molecular complexity index is 690. The van der Waals surface area contributed by atoms with Crippen LogP contribution < -0.4 is 22.1 Å². The maximum absolute atomic E-state index is 11.1. The average molecular weight is 484 g/mol. The fourth-order valence-electron chi connectivity index (χ4n) is 2.27. The van der Waals surface area contributed by atoms with Crippen LogP contribution in [0.4, 0.5) is 0 Å². The van der Waals surface area contributed by atoms with Gasteiger partial charge in [0.2, 0.25) is 11.8 Å². The Hall–Kier alpha value is -2.76. The van der Waals surface area contributed by atoms with Gasteiger partial charge in [-0.25, -0.2) is 22.5 Å². The number of hydrogen-bond donors (Lipinski definition) is 6. The quantitative estimate of drug-likeness (QED) is 0.144. The first kappa shape index (κ1) is 28.2. The van der Waals surface area contributed by atoms with Crippen molar-refractivity contribution >= 4 is 24.4 Å². The molecule has 0 aliphatic carbocycles. The van der Waals surface area contributed by atoms with Gasteiger partial charge in [0, 0.05) is 49.7 Å². The average Bonchev–Trinajstić information content (AvgIpc) is 3.42. The Morgan fingerprint density at radius 2 is 1.26 bits per heavy atom. The molecule has 0 fully saturated rings. The minimum Gasteiger partial charge on any atom is -0.540 e. The summed E-state index contributed by atoms with van der Waals surface area (Å²) in [5.41, 5.74) is 12.0. The van der Waals surface area contributed by atoms with Crippen LogP contribution in [0.5, 0.6) is 0 Å². The minimum atomic E-state index is -0.649. The van der Waals surface area contributed by atoms with E-state index >= 15 is 0 Å². The summed E-state index contributed by atoms with van der Waals surface area (Å²) in [5.74, 6) is -0.490. The van der Waals surface area contributed by atoms with Gasteiger partial charge in [-0.2, -0.15) is 0 Å². The molecular formula is C18H26N8O4Zn. The van der Waals surface area contributed by atoms with E-state index in [1.165, 1.54) is 12.7 Å². The van der Waals surface area contributed by atoms with Crippen LogP contribution in [0.1, 0.15) is 24.2 Å². The number of amides is 2. The number of nitrogens with zero attached hydrogens (tertiary/aromatic N) is 2. The molecule has 2 aromatic rings. The molecule has 31 heavy (non-hydrogen) atoms. The Morgan fingerprint density at radius 1 is 0.871 bits per heavy atom. The molecule has 0 bridgehead atoms. The zero-order chi connectivity index (χ0) is 22.2. The van der Waals surface area contributed by atoms with Crippen LogP contribution in [0.2, 0.25) is 0 Å². The second-order valence-electron chi connectivity index (χ2n) is 6.12. The second-order valence-corrected chi connectivity index (χ2v) is 6.12. The molecule has 2 rings (SSSR count). The van der Waals surface area contributed by atoms with E-state index in [9.17, 15) is 19.2 Å². The number of aromatic nitrogens is 4. The number of aromatic amines is 2. The zero-order valence-electron chi connectivity index (χ0n) is 17.1. The molecule has 0 aliphatic heterocycles. The molecule has 2 aromatic heterocycles. The molecular weight excluding hydrogens is 458 g/mol. The van der Waals surface area contributed by atoms with Gasteiger partial charge < -0.3 is 41.7 Å². The van der Waals surface area contributed by atoms with Crippen LogP contribution in [0.15, 0.2) is 25.0 Å². The first-order valence-corrected chi connectivity index (χ1v) is 9.21. The zero-order valence-corrected chi connectivity index (χ0v) is 20.1. The normalized spacial score (nSPS) is 11.7. The number of hydrogen-bond acceptors (Lipinski definition) is 8. The molecule has 0 aliphatic rings. The van der Waals surface area contributed by atoms with Crippen molar-refractivity contribution in [1.82, 2.24) is 30.6 Å². The van der Waals surface area contributed by atoms with Gasteiger partial charge in [0.05, 0.1) is 12.7 Å². The molecule has 2 amide bonds. The molecule has 0 spiro atoms. The number of nitrogens with one attached hydrogen (secondary N) is 4. The summed E-state index contributed by atoms with van der Waals surface area (Å²) in [6.07, 6.45) is 10.9.